The molecule has 660 valence electrons. The van der Waals surface area contributed by atoms with Gasteiger partial charge in [0.15, 0.2) is 0 Å². The molecule has 4 heterocycles. The first-order valence-electron chi connectivity index (χ1n) is 48.3. The third-order valence-corrected chi connectivity index (χ3v) is 28.8. The first-order chi connectivity index (χ1) is 64.0. The monoisotopic (exact) mass is 1740 g/mol. The van der Waals surface area contributed by atoms with Crippen LogP contribution in [0.4, 0.5) is 34.1 Å². The second-order valence-corrected chi connectivity index (χ2v) is 44.4. The Kier molecular flexibility index (Phi) is 21.0. The molecule has 0 amide bonds. The van der Waals surface area contributed by atoms with Gasteiger partial charge in [0.2, 0.25) is 0 Å². The lowest BCUT2D eigenvalue weighted by molar-refractivity contribution is 0.590. The van der Waals surface area contributed by atoms with E-state index in [2.05, 4.69) is 521 Å². The molecule has 0 atom stereocenters. The summed E-state index contributed by atoms with van der Waals surface area (Å²) in [7, 11) is 0. The number of hydrogen-bond donors (Lipinski definition) is 0. The molecular weight excluding hydrogens is 1620 g/mol. The van der Waals surface area contributed by atoms with Crippen molar-refractivity contribution in [3.8, 4) is 100 Å². The molecule has 0 radical (unpaired) electrons. The molecule has 19 aromatic rings. The maximum absolute atomic E-state index is 2.79. The summed E-state index contributed by atoms with van der Waals surface area (Å²) in [6.07, 6.45) is 0. The lowest BCUT2D eigenvalue weighted by atomic mass is 9.33. The summed E-state index contributed by atoms with van der Waals surface area (Å²) in [4.78, 5) is 5.58. The topological polar surface area (TPSA) is 16.3 Å². The van der Waals surface area contributed by atoms with Gasteiger partial charge in [0.25, 0.3) is 6.71 Å². The largest absolute Gasteiger partial charge is 0.310 e. The number of nitrogens with zero attached hydrogens (tertiary/aromatic N) is 4. The van der Waals surface area contributed by atoms with Crippen molar-refractivity contribution in [1.29, 1.82) is 0 Å². The molecule has 0 bridgehead atoms. The molecule has 134 heavy (non-hydrogen) atoms. The summed E-state index contributed by atoms with van der Waals surface area (Å²) in [6.45, 7) is 47.0. The summed E-state index contributed by atoms with van der Waals surface area (Å²) in [6, 6.07) is 141. The molecule has 0 spiro atoms. The van der Waals surface area contributed by atoms with Crippen LogP contribution in [-0.2, 0) is 32.5 Å². The number of anilines is 6. The molecule has 2 aliphatic rings. The van der Waals surface area contributed by atoms with Crippen LogP contribution < -0.4 is 26.2 Å². The molecule has 0 aliphatic carbocycles. The van der Waals surface area contributed by atoms with Crippen molar-refractivity contribution in [2.45, 2.75) is 177 Å². The van der Waals surface area contributed by atoms with Crippen molar-refractivity contribution >= 4 is 101 Å². The van der Waals surface area contributed by atoms with Gasteiger partial charge in [-0.1, -0.05) is 369 Å². The molecule has 4 nitrogen and oxygen atoms in total. The molecular formula is C129H121BN4. The molecule has 21 rings (SSSR count). The zero-order chi connectivity index (χ0) is 93.1. The quantitative estimate of drug-likeness (QED) is 0.107. The van der Waals surface area contributed by atoms with Crippen LogP contribution in [0.2, 0.25) is 0 Å². The Labute approximate surface area is 794 Å². The van der Waals surface area contributed by atoms with E-state index in [0.717, 1.165) is 112 Å². The summed E-state index contributed by atoms with van der Waals surface area (Å²) < 4.78 is 5.18. The molecule has 2 aliphatic heterocycles. The third kappa shape index (κ3) is 15.4. The highest BCUT2D eigenvalue weighted by Crippen LogP contribution is 2.57. The highest BCUT2D eigenvalue weighted by Gasteiger charge is 2.47. The molecule has 17 aromatic carbocycles. The van der Waals surface area contributed by atoms with E-state index in [9.17, 15) is 0 Å². The Hall–Kier alpha value is -14.0. The maximum Gasteiger partial charge on any atom is 0.252 e. The van der Waals surface area contributed by atoms with E-state index in [1.165, 1.54) is 121 Å². The highest BCUT2D eigenvalue weighted by atomic mass is 15.2. The van der Waals surface area contributed by atoms with Crippen LogP contribution in [-0.4, -0.2) is 15.8 Å². The van der Waals surface area contributed by atoms with Crippen LogP contribution in [0.15, 0.2) is 364 Å². The minimum Gasteiger partial charge on any atom is -0.310 e. The Balaban J connectivity index is 0.927. The predicted molar refractivity (Wildman–Crippen MR) is 579 cm³/mol. The van der Waals surface area contributed by atoms with Crippen LogP contribution in [0.3, 0.4) is 0 Å². The SMILES string of the molecule is CC(C)c1cc2c3c(c1)N(c1c(-c4ccccc4)cc(C(C)(C)C)cc1-c1cccc(-c4cccc(-c5ccccc5)c4)c1)c1cc(-n4c5ccc(C(C)(C)C)cc5c5cc(C(C)(C)C)ccc54)ccc1B3c1ccc(-n3c4ccc(C(C)(C)C)cc4c4cc(C(C)(C)C)ccc43)cc1N2c1c(-c2ccccc2)cc(C(C)(C)C)cc1-c1cccc(-c2cccc(-c3ccccc3)c2)c1. The number of aromatic nitrogens is 2. The van der Waals surface area contributed by atoms with Gasteiger partial charge in [0.05, 0.1) is 33.4 Å². The minimum absolute atomic E-state index is 0.0562. The Morgan fingerprint density at radius 1 is 0.209 bits per heavy atom. The minimum atomic E-state index is -0.319. The number of rotatable bonds is 13. The van der Waals surface area contributed by atoms with Crippen LogP contribution in [0.5, 0.6) is 0 Å². The van der Waals surface area contributed by atoms with E-state index >= 15 is 0 Å². The first kappa shape index (κ1) is 86.7. The number of fused-ring (bicyclic) bond motifs is 10. The number of hydrogen-bond acceptors (Lipinski definition) is 2. The summed E-state index contributed by atoms with van der Waals surface area (Å²) in [5.74, 6) is 0.0562. The standard InChI is InChI=1S/C129H121BN4/c1-81(2)94-69-119-121-120(70-94)134(123-104(85-43-31-24-32-44-85)76-100(129(18,19)20)78-106(123)93-52-36-50-91(68-93)89-48-34-46-87(66-89)83-39-27-22-28-40-83)118-80-102(132-115-63-55-97(126(9,10)11)73-109(115)110-74-98(127(12,13)14)56-64-116(110)132)58-60-112(118)130(121)111-59-57-101(131-113-61-53-95(124(3,4)5)71-107(113)108-72-96(125(6,7)8)54-62-114(108)131)79-117(111)133(119)122-103(84-41-29-23-30-42-84)75-99(128(15,16)17)77-105(122)92-51-35-49-90(67-92)88-47-33-45-86(65-88)82-37-25-21-26-38-82/h21-81H,1-20H3. The Morgan fingerprint density at radius 2 is 0.463 bits per heavy atom. The van der Waals surface area contributed by atoms with Gasteiger partial charge in [-0.15, -0.1) is 0 Å². The van der Waals surface area contributed by atoms with Crippen molar-refractivity contribution in [2.24, 2.45) is 0 Å². The van der Waals surface area contributed by atoms with Gasteiger partial charge < -0.3 is 18.9 Å². The van der Waals surface area contributed by atoms with Crippen molar-refractivity contribution in [3.63, 3.8) is 0 Å². The lowest BCUT2D eigenvalue weighted by Gasteiger charge is -2.46. The Bertz CT molecular complexity index is 7270. The van der Waals surface area contributed by atoms with Gasteiger partial charge in [0, 0.05) is 77.9 Å². The van der Waals surface area contributed by atoms with Gasteiger partial charge in [-0.05, 0) is 294 Å². The lowest BCUT2D eigenvalue weighted by Crippen LogP contribution is -2.61. The van der Waals surface area contributed by atoms with Gasteiger partial charge >= 0.3 is 0 Å². The first-order valence-corrected chi connectivity index (χ1v) is 48.3. The zero-order valence-corrected chi connectivity index (χ0v) is 81.6. The predicted octanol–water partition coefficient (Wildman–Crippen LogP) is 34.2. The average Bonchev–Trinajstić information content (AvgIpc) is 0.722. The van der Waals surface area contributed by atoms with Gasteiger partial charge in [-0.3, -0.25) is 0 Å². The maximum atomic E-state index is 2.79. The van der Waals surface area contributed by atoms with Crippen molar-refractivity contribution in [3.05, 3.63) is 403 Å². The summed E-state index contributed by atoms with van der Waals surface area (Å²) in [5, 5.41) is 5.01. The molecule has 0 N–H and O–H groups in total. The normalized spacial score (nSPS) is 13.1. The van der Waals surface area contributed by atoms with Gasteiger partial charge in [-0.2, -0.15) is 0 Å². The van der Waals surface area contributed by atoms with Crippen LogP contribution >= 0.6 is 0 Å². The highest BCUT2D eigenvalue weighted by molar-refractivity contribution is 7.00. The fourth-order valence-corrected chi connectivity index (χ4v) is 21.0. The molecule has 2 aromatic heterocycles. The third-order valence-electron chi connectivity index (χ3n) is 28.8. The second-order valence-electron chi connectivity index (χ2n) is 44.4. The molecule has 5 heteroatoms. The molecule has 0 saturated heterocycles. The van der Waals surface area contributed by atoms with E-state index in [1.807, 2.05) is 0 Å². The van der Waals surface area contributed by atoms with E-state index in [1.54, 1.807) is 0 Å². The van der Waals surface area contributed by atoms with Gasteiger partial charge in [-0.25, -0.2) is 0 Å². The van der Waals surface area contributed by atoms with E-state index in [-0.39, 0.29) is 45.1 Å². The van der Waals surface area contributed by atoms with Crippen LogP contribution in [0.1, 0.15) is 183 Å². The van der Waals surface area contributed by atoms with Crippen molar-refractivity contribution in [2.75, 3.05) is 9.80 Å². The van der Waals surface area contributed by atoms with Crippen LogP contribution in [0.25, 0.3) is 144 Å². The van der Waals surface area contributed by atoms with E-state index in [4.69, 9.17) is 0 Å². The second kappa shape index (κ2) is 32.4. The Morgan fingerprint density at radius 3 is 0.746 bits per heavy atom. The van der Waals surface area contributed by atoms with Crippen LogP contribution in [0, 0.1) is 0 Å². The zero-order valence-electron chi connectivity index (χ0n) is 81.6. The average molecular weight is 1740 g/mol. The van der Waals surface area contributed by atoms with Crippen molar-refractivity contribution in [1.82, 2.24) is 9.13 Å². The summed E-state index contributed by atoms with van der Waals surface area (Å²) >= 11 is 0. The van der Waals surface area contributed by atoms with E-state index in [0.29, 0.717) is 0 Å². The van der Waals surface area contributed by atoms with E-state index < -0.39 is 0 Å². The summed E-state index contributed by atoms with van der Waals surface area (Å²) in [5.41, 5.74) is 43.8. The van der Waals surface area contributed by atoms with Crippen molar-refractivity contribution < 1.29 is 0 Å². The fraction of sp³-hybridized carbons (Fsp3) is 0.209. The number of benzene rings is 17. The molecule has 0 fully saturated rings. The van der Waals surface area contributed by atoms with Gasteiger partial charge in [0.1, 0.15) is 0 Å². The smallest absolute Gasteiger partial charge is 0.252 e. The molecule has 0 unspecified atom stereocenters. The fourth-order valence-electron chi connectivity index (χ4n) is 21.0. The molecule has 0 saturated carbocycles.